The van der Waals surface area contributed by atoms with E-state index in [1.54, 1.807) is 0 Å². The zero-order valence-corrected chi connectivity index (χ0v) is 19.5. The Morgan fingerprint density at radius 1 is 0.941 bits per heavy atom. The maximum Gasteiger partial charge on any atom is 0.290 e. The highest BCUT2D eigenvalue weighted by Crippen LogP contribution is 2.25. The molecule has 3 heterocycles. The molecule has 5 rings (SSSR count). The van der Waals surface area contributed by atoms with Crippen LogP contribution < -0.4 is 4.90 Å². The van der Waals surface area contributed by atoms with Gasteiger partial charge in [-0.15, -0.1) is 0 Å². The number of carbonyl (C=O) groups is 2. The molecule has 0 unspecified atom stereocenters. The highest BCUT2D eigenvalue weighted by molar-refractivity contribution is 5.80. The summed E-state index contributed by atoms with van der Waals surface area (Å²) in [5.74, 6) is 1.19. The number of nitrogens with one attached hydrogen (secondary N) is 1. The molecule has 0 atom stereocenters. The predicted molar refractivity (Wildman–Crippen MR) is 134 cm³/mol. The second-order valence-corrected chi connectivity index (χ2v) is 8.82. The van der Waals surface area contributed by atoms with Gasteiger partial charge in [-0.1, -0.05) is 37.1 Å². The summed E-state index contributed by atoms with van der Waals surface area (Å²) in [4.78, 5) is 36.1. The summed E-state index contributed by atoms with van der Waals surface area (Å²) in [6, 6.07) is 16.7. The molecule has 2 aromatic carbocycles. The average molecular weight is 464 g/mol. The first kappa shape index (κ1) is 23.8. The minimum absolute atomic E-state index is 0.250. The summed E-state index contributed by atoms with van der Waals surface area (Å²) in [7, 11) is 0. The zero-order valence-electron chi connectivity index (χ0n) is 19.5. The first-order chi connectivity index (χ1) is 16.7. The zero-order chi connectivity index (χ0) is 23.8. The molecular formula is C26H33N5O3. The number of H-pyrrole nitrogens is 1. The summed E-state index contributed by atoms with van der Waals surface area (Å²) < 4.78 is 0. The summed E-state index contributed by atoms with van der Waals surface area (Å²) in [6.45, 7) is 5.80. The number of fused-ring (bicyclic) bond motifs is 1. The van der Waals surface area contributed by atoms with Crippen molar-refractivity contribution in [1.82, 2.24) is 19.8 Å². The van der Waals surface area contributed by atoms with Gasteiger partial charge in [-0.05, 0) is 50.2 Å². The van der Waals surface area contributed by atoms with Gasteiger partial charge in [-0.2, -0.15) is 0 Å². The highest BCUT2D eigenvalue weighted by atomic mass is 16.3. The van der Waals surface area contributed by atoms with Crippen molar-refractivity contribution in [3.63, 3.8) is 0 Å². The van der Waals surface area contributed by atoms with Gasteiger partial charge in [0.05, 0.1) is 17.6 Å². The van der Waals surface area contributed by atoms with Crippen molar-refractivity contribution in [3.05, 3.63) is 48.5 Å². The number of hydrogen-bond acceptors (Lipinski definition) is 5. The van der Waals surface area contributed by atoms with Crippen LogP contribution in [0.5, 0.6) is 0 Å². The van der Waals surface area contributed by atoms with E-state index in [0.717, 1.165) is 61.7 Å². The Bertz CT molecular complexity index is 1050. The normalized spacial score (nSPS) is 17.1. The molecule has 3 aromatic rings. The van der Waals surface area contributed by atoms with E-state index in [4.69, 9.17) is 14.9 Å². The fourth-order valence-electron chi connectivity index (χ4n) is 4.74. The number of anilines is 1. The summed E-state index contributed by atoms with van der Waals surface area (Å²) in [6.07, 6.45) is 5.05. The summed E-state index contributed by atoms with van der Waals surface area (Å²) >= 11 is 0. The Kier molecular flexibility index (Phi) is 8.14. The number of nitrogens with zero attached hydrogens (tertiary/aromatic N) is 4. The minimum Gasteiger partial charge on any atom is -0.483 e. The SMILES string of the molecule is O=C(CN1CCCCCC1)N1CCN(c2cccc(-c3nc4ccccc4[nH]3)c2)CC1.O=CO. The molecule has 180 valence electrons. The van der Waals surface area contributed by atoms with Crippen LogP contribution in [0.1, 0.15) is 25.7 Å². The van der Waals surface area contributed by atoms with Crippen molar-refractivity contribution in [3.8, 4) is 11.4 Å². The quantitative estimate of drug-likeness (QED) is 0.576. The van der Waals surface area contributed by atoms with Crippen LogP contribution in [0.4, 0.5) is 5.69 Å². The molecule has 2 N–H and O–H groups in total. The van der Waals surface area contributed by atoms with Crippen LogP contribution in [0.15, 0.2) is 48.5 Å². The molecule has 2 aliphatic heterocycles. The van der Waals surface area contributed by atoms with Crippen LogP contribution in [-0.4, -0.2) is 83.1 Å². The first-order valence-corrected chi connectivity index (χ1v) is 12.1. The molecule has 0 aliphatic carbocycles. The molecule has 2 aliphatic rings. The number of rotatable bonds is 4. The molecule has 1 aromatic heterocycles. The van der Waals surface area contributed by atoms with Gasteiger partial charge in [0.2, 0.25) is 5.91 Å². The lowest BCUT2D eigenvalue weighted by atomic mass is 10.1. The van der Waals surface area contributed by atoms with Crippen LogP contribution in [-0.2, 0) is 9.59 Å². The first-order valence-electron chi connectivity index (χ1n) is 12.1. The molecule has 0 bridgehead atoms. The maximum absolute atomic E-state index is 12.8. The Labute approximate surface area is 200 Å². The number of aromatic amines is 1. The molecule has 8 nitrogen and oxygen atoms in total. The van der Waals surface area contributed by atoms with Crippen molar-refractivity contribution < 1.29 is 14.7 Å². The van der Waals surface area contributed by atoms with E-state index < -0.39 is 0 Å². The largest absolute Gasteiger partial charge is 0.483 e. The topological polar surface area (TPSA) is 92.8 Å². The molecule has 0 radical (unpaired) electrons. The standard InChI is InChI=1S/C25H31N5O.CH2O2/c31-24(19-28-12-5-1-2-6-13-28)30-16-14-29(15-17-30)21-9-7-8-20(18-21)25-26-22-10-3-4-11-23(22)27-25;2-1-3/h3-4,7-11,18H,1-2,5-6,12-17,19H2,(H,26,27);1H,(H,2,3). The van der Waals surface area contributed by atoms with Crippen LogP contribution in [0, 0.1) is 0 Å². The van der Waals surface area contributed by atoms with Gasteiger partial charge >= 0.3 is 0 Å². The number of benzene rings is 2. The number of carbonyl (C=O) groups excluding carboxylic acids is 1. The van der Waals surface area contributed by atoms with Crippen LogP contribution in [0.3, 0.4) is 0 Å². The van der Waals surface area contributed by atoms with Crippen LogP contribution in [0.25, 0.3) is 22.4 Å². The number of hydrogen-bond donors (Lipinski definition) is 2. The molecule has 2 saturated heterocycles. The van der Waals surface area contributed by atoms with E-state index in [1.807, 2.05) is 23.1 Å². The number of aromatic nitrogens is 2. The number of imidazole rings is 1. The second-order valence-electron chi connectivity index (χ2n) is 8.82. The lowest BCUT2D eigenvalue weighted by Gasteiger charge is -2.37. The van der Waals surface area contributed by atoms with Gasteiger partial charge in [0.25, 0.3) is 6.47 Å². The van der Waals surface area contributed by atoms with E-state index in [-0.39, 0.29) is 12.4 Å². The van der Waals surface area contributed by atoms with Crippen molar-refractivity contribution in [2.24, 2.45) is 0 Å². The molecule has 0 saturated carbocycles. The number of carboxylic acid groups (broad SMARTS) is 1. The number of likely N-dealkylation sites (tertiary alicyclic amines) is 1. The highest BCUT2D eigenvalue weighted by Gasteiger charge is 2.23. The predicted octanol–water partition coefficient (Wildman–Crippen LogP) is 3.46. The number of piperazine rings is 1. The molecule has 2 fully saturated rings. The number of amides is 1. The Balaban J connectivity index is 0.000000868. The van der Waals surface area contributed by atoms with E-state index in [9.17, 15) is 4.79 Å². The molecule has 0 spiro atoms. The third kappa shape index (κ3) is 5.94. The minimum atomic E-state index is -0.250. The van der Waals surface area contributed by atoms with E-state index in [2.05, 4.69) is 45.1 Å². The maximum atomic E-state index is 12.8. The molecule has 8 heteroatoms. The average Bonchev–Trinajstić information content (AvgIpc) is 3.15. The van der Waals surface area contributed by atoms with Gasteiger partial charge in [-0.3, -0.25) is 14.5 Å². The fraction of sp³-hybridized carbons (Fsp3) is 0.423. The van der Waals surface area contributed by atoms with Crippen LogP contribution in [0.2, 0.25) is 0 Å². The third-order valence-electron chi connectivity index (χ3n) is 6.56. The van der Waals surface area contributed by atoms with Gasteiger partial charge in [-0.25, -0.2) is 4.98 Å². The monoisotopic (exact) mass is 463 g/mol. The van der Waals surface area contributed by atoms with Crippen molar-refractivity contribution in [2.45, 2.75) is 25.7 Å². The van der Waals surface area contributed by atoms with E-state index >= 15 is 0 Å². The Morgan fingerprint density at radius 3 is 2.35 bits per heavy atom. The number of para-hydroxylation sites is 2. The second kappa shape index (κ2) is 11.7. The van der Waals surface area contributed by atoms with Crippen LogP contribution >= 0.6 is 0 Å². The molecular weight excluding hydrogens is 430 g/mol. The van der Waals surface area contributed by atoms with Gasteiger partial charge < -0.3 is 19.9 Å². The van der Waals surface area contributed by atoms with Crippen molar-refractivity contribution in [1.29, 1.82) is 0 Å². The van der Waals surface area contributed by atoms with E-state index in [0.29, 0.717) is 6.54 Å². The van der Waals surface area contributed by atoms with Gasteiger partial charge in [0.15, 0.2) is 0 Å². The smallest absolute Gasteiger partial charge is 0.290 e. The molecule has 34 heavy (non-hydrogen) atoms. The lowest BCUT2D eigenvalue weighted by Crippen LogP contribution is -2.51. The third-order valence-corrected chi connectivity index (χ3v) is 6.56. The molecule has 1 amide bonds. The summed E-state index contributed by atoms with van der Waals surface area (Å²) in [5.41, 5.74) is 4.32. The summed E-state index contributed by atoms with van der Waals surface area (Å²) in [5, 5.41) is 6.89. The van der Waals surface area contributed by atoms with E-state index in [1.165, 1.54) is 31.4 Å². The van der Waals surface area contributed by atoms with Gasteiger partial charge in [0, 0.05) is 37.4 Å². The fourth-order valence-corrected chi connectivity index (χ4v) is 4.74. The van der Waals surface area contributed by atoms with Crippen molar-refractivity contribution >= 4 is 29.1 Å². The Hall–Kier alpha value is -3.39. The van der Waals surface area contributed by atoms with Gasteiger partial charge in [0.1, 0.15) is 5.82 Å². The van der Waals surface area contributed by atoms with Crippen molar-refractivity contribution in [2.75, 3.05) is 50.7 Å². The Morgan fingerprint density at radius 2 is 1.65 bits per heavy atom. The lowest BCUT2D eigenvalue weighted by molar-refractivity contribution is -0.132.